The Morgan fingerprint density at radius 3 is 2.03 bits per heavy atom. The van der Waals surface area contributed by atoms with Gasteiger partial charge in [-0.05, 0) is 61.5 Å². The van der Waals surface area contributed by atoms with E-state index in [1.807, 2.05) is 13.0 Å². The lowest BCUT2D eigenvalue weighted by molar-refractivity contribution is 0.303. The van der Waals surface area contributed by atoms with Gasteiger partial charge in [0, 0.05) is 11.1 Å². The van der Waals surface area contributed by atoms with Gasteiger partial charge in [-0.3, -0.25) is 0 Å². The maximum Gasteiger partial charge on any atom is 0.167 e. The van der Waals surface area contributed by atoms with Gasteiger partial charge >= 0.3 is 0 Å². The molecular weight excluding hydrogens is 388 g/mol. The van der Waals surface area contributed by atoms with Crippen LogP contribution in [0, 0.1) is 29.2 Å². The molecule has 162 valence electrons. The summed E-state index contributed by atoms with van der Waals surface area (Å²) in [6, 6.07) is 5.71. The first-order valence-electron chi connectivity index (χ1n) is 11.1. The molecule has 2 aromatic rings. The lowest BCUT2D eigenvalue weighted by Gasteiger charge is -2.29. The van der Waals surface area contributed by atoms with Crippen LogP contribution < -0.4 is 0 Å². The zero-order valence-electron chi connectivity index (χ0n) is 17.8. The van der Waals surface area contributed by atoms with Gasteiger partial charge < -0.3 is 0 Å². The Morgan fingerprint density at radius 2 is 1.40 bits per heavy atom. The van der Waals surface area contributed by atoms with E-state index in [4.69, 9.17) is 0 Å². The van der Waals surface area contributed by atoms with Crippen molar-refractivity contribution < 1.29 is 17.6 Å². The molecule has 0 atom stereocenters. The van der Waals surface area contributed by atoms with E-state index in [0.717, 1.165) is 38.5 Å². The van der Waals surface area contributed by atoms with E-state index >= 15 is 0 Å². The molecule has 0 aromatic heterocycles. The fourth-order valence-electron chi connectivity index (χ4n) is 4.59. The first-order valence-corrected chi connectivity index (χ1v) is 11.1. The summed E-state index contributed by atoms with van der Waals surface area (Å²) in [6.07, 6.45) is 10.7. The third-order valence-corrected chi connectivity index (χ3v) is 6.29. The second kappa shape index (κ2) is 10.3. The van der Waals surface area contributed by atoms with Crippen molar-refractivity contribution in [1.29, 1.82) is 0 Å². The summed E-state index contributed by atoms with van der Waals surface area (Å²) in [7, 11) is 0. The third-order valence-electron chi connectivity index (χ3n) is 6.29. The molecule has 0 spiro atoms. The zero-order valence-corrected chi connectivity index (χ0v) is 17.8. The Balaban J connectivity index is 1.85. The van der Waals surface area contributed by atoms with E-state index in [9.17, 15) is 17.6 Å². The van der Waals surface area contributed by atoms with Crippen molar-refractivity contribution in [1.82, 2.24) is 0 Å². The molecule has 0 nitrogen and oxygen atoms in total. The van der Waals surface area contributed by atoms with Gasteiger partial charge in [-0.25, -0.2) is 17.6 Å². The molecule has 0 aliphatic heterocycles. The Morgan fingerprint density at radius 1 is 0.767 bits per heavy atom. The number of rotatable bonds is 7. The van der Waals surface area contributed by atoms with Crippen LogP contribution >= 0.6 is 0 Å². The van der Waals surface area contributed by atoms with Crippen molar-refractivity contribution in [3.8, 4) is 11.1 Å². The van der Waals surface area contributed by atoms with Gasteiger partial charge in [0.2, 0.25) is 0 Å². The SMILES string of the molecule is CC/C=C\Cc1ccc(-c2ccc(C3CCC(CCC)CC3)c(F)c2F)c(F)c1F. The van der Waals surface area contributed by atoms with Crippen molar-refractivity contribution in [2.24, 2.45) is 5.92 Å². The molecule has 1 aliphatic carbocycles. The minimum Gasteiger partial charge on any atom is -0.203 e. The molecule has 0 radical (unpaired) electrons. The van der Waals surface area contributed by atoms with Crippen LogP contribution in [0.3, 0.4) is 0 Å². The Hall–Kier alpha value is -2.10. The zero-order chi connectivity index (χ0) is 21.7. The first kappa shape index (κ1) is 22.6. The standard InChI is InChI=1S/C26H30F4/c1-3-5-6-8-19-13-14-21(25(29)23(19)27)22-16-15-20(24(28)26(22)30)18-11-9-17(7-4-2)10-12-18/h5-6,13-18H,3-4,7-12H2,1-2H3/b6-5-. The predicted octanol–water partition coefficient (Wildman–Crippen LogP) is 8.49. The minimum absolute atomic E-state index is 0.0176. The second-order valence-electron chi connectivity index (χ2n) is 8.32. The van der Waals surface area contributed by atoms with Crippen LogP contribution in [0.1, 0.15) is 75.8 Å². The van der Waals surface area contributed by atoms with Crippen molar-refractivity contribution in [3.05, 3.63) is 70.8 Å². The highest BCUT2D eigenvalue weighted by Crippen LogP contribution is 2.40. The van der Waals surface area contributed by atoms with Crippen LogP contribution in [-0.2, 0) is 6.42 Å². The van der Waals surface area contributed by atoms with E-state index in [-0.39, 0.29) is 29.0 Å². The minimum atomic E-state index is -1.14. The fourth-order valence-corrected chi connectivity index (χ4v) is 4.59. The molecule has 0 amide bonds. The number of hydrogen-bond donors (Lipinski definition) is 0. The Kier molecular flexibility index (Phi) is 7.74. The smallest absolute Gasteiger partial charge is 0.167 e. The molecule has 4 heteroatoms. The van der Waals surface area contributed by atoms with Crippen LogP contribution in [0.5, 0.6) is 0 Å². The van der Waals surface area contributed by atoms with Gasteiger partial charge in [-0.2, -0.15) is 0 Å². The van der Waals surface area contributed by atoms with Crippen molar-refractivity contribution in [3.63, 3.8) is 0 Å². The van der Waals surface area contributed by atoms with Gasteiger partial charge in [0.15, 0.2) is 23.3 Å². The van der Waals surface area contributed by atoms with E-state index in [1.165, 1.54) is 24.6 Å². The van der Waals surface area contributed by atoms with Crippen LogP contribution in [0.4, 0.5) is 17.6 Å². The molecule has 1 fully saturated rings. The van der Waals surface area contributed by atoms with E-state index in [2.05, 4.69) is 6.92 Å². The summed E-state index contributed by atoms with van der Waals surface area (Å²) < 4.78 is 58.9. The maximum atomic E-state index is 14.9. The number of halogens is 4. The summed E-state index contributed by atoms with van der Waals surface area (Å²) in [5, 5.41) is 0. The Bertz CT molecular complexity index is 892. The van der Waals surface area contributed by atoms with E-state index < -0.39 is 23.3 Å². The molecule has 0 N–H and O–H groups in total. The highest BCUT2D eigenvalue weighted by atomic mass is 19.2. The quantitative estimate of drug-likeness (QED) is 0.312. The van der Waals surface area contributed by atoms with Gasteiger partial charge in [0.1, 0.15) is 0 Å². The normalized spacial score (nSPS) is 19.5. The average Bonchev–Trinajstić information content (AvgIpc) is 2.75. The molecular formula is C26H30F4. The van der Waals surface area contributed by atoms with Crippen LogP contribution in [0.15, 0.2) is 36.4 Å². The predicted molar refractivity (Wildman–Crippen MR) is 114 cm³/mol. The average molecular weight is 419 g/mol. The molecule has 30 heavy (non-hydrogen) atoms. The summed E-state index contributed by atoms with van der Waals surface area (Å²) in [4.78, 5) is 0. The summed E-state index contributed by atoms with van der Waals surface area (Å²) in [6.45, 7) is 4.12. The molecule has 0 bridgehead atoms. The van der Waals surface area contributed by atoms with Crippen molar-refractivity contribution in [2.75, 3.05) is 0 Å². The molecule has 3 rings (SSSR count). The number of hydrogen-bond acceptors (Lipinski definition) is 0. The summed E-state index contributed by atoms with van der Waals surface area (Å²) >= 11 is 0. The van der Waals surface area contributed by atoms with Crippen LogP contribution in [0.25, 0.3) is 11.1 Å². The summed E-state index contributed by atoms with van der Waals surface area (Å²) in [5.41, 5.74) is 0.0731. The molecule has 1 saturated carbocycles. The molecule has 1 aliphatic rings. The maximum absolute atomic E-state index is 14.9. The monoisotopic (exact) mass is 418 g/mol. The van der Waals surface area contributed by atoms with Gasteiger partial charge in [-0.1, -0.05) is 63.1 Å². The fraction of sp³-hybridized carbons (Fsp3) is 0.462. The molecule has 0 unspecified atom stereocenters. The van der Waals surface area contributed by atoms with Crippen LogP contribution in [0.2, 0.25) is 0 Å². The lowest BCUT2D eigenvalue weighted by Crippen LogP contribution is -2.15. The Labute approximate surface area is 177 Å². The topological polar surface area (TPSA) is 0 Å². The molecule has 0 saturated heterocycles. The second-order valence-corrected chi connectivity index (χ2v) is 8.32. The first-order chi connectivity index (χ1) is 14.5. The molecule has 0 heterocycles. The van der Waals surface area contributed by atoms with Gasteiger partial charge in [-0.15, -0.1) is 0 Å². The van der Waals surface area contributed by atoms with Crippen molar-refractivity contribution >= 4 is 0 Å². The van der Waals surface area contributed by atoms with Gasteiger partial charge in [0.25, 0.3) is 0 Å². The van der Waals surface area contributed by atoms with Crippen molar-refractivity contribution in [2.45, 2.75) is 71.1 Å². The largest absolute Gasteiger partial charge is 0.203 e. The lowest BCUT2D eigenvalue weighted by atomic mass is 9.77. The molecule has 2 aromatic carbocycles. The summed E-state index contributed by atoms with van der Waals surface area (Å²) in [5.74, 6) is -3.52. The number of allylic oxidation sites excluding steroid dienone is 2. The van der Waals surface area contributed by atoms with Crippen LogP contribution in [-0.4, -0.2) is 0 Å². The third kappa shape index (κ3) is 4.79. The number of benzene rings is 2. The van der Waals surface area contributed by atoms with Gasteiger partial charge in [0.05, 0.1) is 0 Å². The van der Waals surface area contributed by atoms with E-state index in [0.29, 0.717) is 11.5 Å². The van der Waals surface area contributed by atoms with E-state index in [1.54, 1.807) is 12.1 Å². The highest BCUT2D eigenvalue weighted by Gasteiger charge is 2.27. The highest BCUT2D eigenvalue weighted by molar-refractivity contribution is 5.66.